The van der Waals surface area contributed by atoms with Crippen molar-refractivity contribution in [2.75, 3.05) is 6.54 Å². The van der Waals surface area contributed by atoms with Gasteiger partial charge in [-0.25, -0.2) is 0 Å². The molecule has 1 fully saturated rings. The van der Waals surface area contributed by atoms with Crippen molar-refractivity contribution in [2.24, 2.45) is 0 Å². The zero-order valence-electron chi connectivity index (χ0n) is 15.6. The van der Waals surface area contributed by atoms with Crippen LogP contribution in [0.5, 0.6) is 0 Å². The smallest absolute Gasteiger partial charge is 0.261 e. The quantitative estimate of drug-likeness (QED) is 0.791. The molecular weight excluding hydrogens is 356 g/mol. The van der Waals surface area contributed by atoms with Gasteiger partial charge in [0, 0.05) is 30.0 Å². The zero-order valence-corrected chi connectivity index (χ0v) is 15.6. The second-order valence-corrected chi connectivity index (χ2v) is 7.36. The summed E-state index contributed by atoms with van der Waals surface area (Å²) in [4.78, 5) is 43.2. The number of benzene rings is 1. The first kappa shape index (κ1) is 18.3. The number of rotatable bonds is 4. The Hall–Kier alpha value is -3.06. The molecule has 1 aromatic carbocycles. The number of piperidine rings is 1. The first-order valence-electron chi connectivity index (χ1n) is 9.46. The summed E-state index contributed by atoms with van der Waals surface area (Å²) in [5.74, 6) is -0.923. The molecule has 2 unspecified atom stereocenters. The third-order valence-electron chi connectivity index (χ3n) is 5.28. The number of nitrogens with zero attached hydrogens (tertiary/aromatic N) is 2. The number of imide groups is 1. The molecule has 4 rings (SSSR count). The van der Waals surface area contributed by atoms with Crippen molar-refractivity contribution in [1.82, 2.24) is 20.5 Å². The van der Waals surface area contributed by atoms with E-state index in [2.05, 4.69) is 22.5 Å². The summed E-state index contributed by atoms with van der Waals surface area (Å²) in [5, 5.41) is 6.39. The number of fused-ring (bicyclic) bond motifs is 1. The van der Waals surface area contributed by atoms with Gasteiger partial charge in [-0.05, 0) is 62.2 Å². The lowest BCUT2D eigenvalue weighted by Crippen LogP contribution is -2.46. The average molecular weight is 378 g/mol. The lowest BCUT2D eigenvalue weighted by molar-refractivity contribution is 0.0642. The van der Waals surface area contributed by atoms with Gasteiger partial charge in [0.2, 0.25) is 0 Å². The highest BCUT2D eigenvalue weighted by molar-refractivity contribution is 6.22. The Labute approximate surface area is 163 Å². The predicted octanol–water partition coefficient (Wildman–Crippen LogP) is 1.75. The number of carbonyl (C=O) groups is 3. The van der Waals surface area contributed by atoms with E-state index in [9.17, 15) is 14.4 Å². The van der Waals surface area contributed by atoms with Gasteiger partial charge in [0.25, 0.3) is 17.7 Å². The topological polar surface area (TPSA) is 91.4 Å². The van der Waals surface area contributed by atoms with E-state index >= 15 is 0 Å². The molecule has 2 aliphatic rings. The maximum absolute atomic E-state index is 12.8. The lowest BCUT2D eigenvalue weighted by atomic mass is 9.99. The third-order valence-corrected chi connectivity index (χ3v) is 5.28. The number of pyridine rings is 1. The minimum absolute atomic E-state index is 0.109. The second-order valence-electron chi connectivity index (χ2n) is 7.36. The summed E-state index contributed by atoms with van der Waals surface area (Å²) in [6.45, 7) is 3.14. The molecule has 0 bridgehead atoms. The van der Waals surface area contributed by atoms with Crippen LogP contribution in [0.15, 0.2) is 42.7 Å². The number of carbonyl (C=O) groups excluding carboxylic acids is 3. The van der Waals surface area contributed by atoms with Crippen LogP contribution in [0.25, 0.3) is 0 Å². The highest BCUT2D eigenvalue weighted by atomic mass is 16.2. The van der Waals surface area contributed by atoms with Gasteiger partial charge in [-0.3, -0.25) is 24.3 Å². The molecule has 2 aromatic rings. The van der Waals surface area contributed by atoms with E-state index in [1.54, 1.807) is 36.7 Å². The minimum Gasteiger partial charge on any atom is -0.349 e. The molecule has 2 N–H and O–H groups in total. The molecule has 7 nitrogen and oxygen atoms in total. The Morgan fingerprint density at radius 2 is 1.93 bits per heavy atom. The van der Waals surface area contributed by atoms with E-state index < -0.39 is 0 Å². The summed E-state index contributed by atoms with van der Waals surface area (Å²) in [7, 11) is 0. The van der Waals surface area contributed by atoms with Crippen molar-refractivity contribution in [3.05, 3.63) is 65.0 Å². The molecule has 3 amide bonds. The number of hydrogen-bond donors (Lipinski definition) is 2. The van der Waals surface area contributed by atoms with Crippen LogP contribution >= 0.6 is 0 Å². The van der Waals surface area contributed by atoms with Crippen molar-refractivity contribution < 1.29 is 14.4 Å². The van der Waals surface area contributed by atoms with Crippen molar-refractivity contribution in [1.29, 1.82) is 0 Å². The lowest BCUT2D eigenvalue weighted by Gasteiger charge is -2.28. The first-order chi connectivity index (χ1) is 13.5. The van der Waals surface area contributed by atoms with Crippen molar-refractivity contribution in [3.8, 4) is 0 Å². The molecule has 7 heteroatoms. The Kier molecular flexibility index (Phi) is 4.92. The molecule has 28 heavy (non-hydrogen) atoms. The molecule has 144 valence electrons. The summed E-state index contributed by atoms with van der Waals surface area (Å²) in [6, 6.07) is 8.71. The number of nitrogens with one attached hydrogen (secondary N) is 2. The van der Waals surface area contributed by atoms with Crippen molar-refractivity contribution in [3.63, 3.8) is 0 Å². The van der Waals surface area contributed by atoms with Gasteiger partial charge < -0.3 is 10.6 Å². The molecular formula is C21H22N4O3. The normalized spacial score (nSPS) is 21.5. The highest BCUT2D eigenvalue weighted by Gasteiger charge is 2.36. The van der Waals surface area contributed by atoms with Crippen LogP contribution < -0.4 is 10.6 Å². The van der Waals surface area contributed by atoms with Gasteiger partial charge in [0.1, 0.15) is 0 Å². The fourth-order valence-electron chi connectivity index (χ4n) is 3.78. The third kappa shape index (κ3) is 3.53. The van der Waals surface area contributed by atoms with E-state index in [0.717, 1.165) is 24.9 Å². The number of amides is 3. The Morgan fingerprint density at radius 1 is 1.18 bits per heavy atom. The van der Waals surface area contributed by atoms with Gasteiger partial charge in [-0.1, -0.05) is 0 Å². The van der Waals surface area contributed by atoms with Crippen LogP contribution in [0.1, 0.15) is 56.4 Å². The Balaban J connectivity index is 1.51. The van der Waals surface area contributed by atoms with Crippen LogP contribution in [-0.4, -0.2) is 46.2 Å². The molecule has 0 radical (unpaired) electrons. The molecule has 0 aliphatic carbocycles. The first-order valence-corrected chi connectivity index (χ1v) is 9.46. The Bertz CT molecular complexity index is 929. The number of aromatic nitrogens is 1. The van der Waals surface area contributed by atoms with Crippen molar-refractivity contribution >= 4 is 17.7 Å². The van der Waals surface area contributed by atoms with Crippen LogP contribution in [0.4, 0.5) is 0 Å². The zero-order chi connectivity index (χ0) is 19.7. The van der Waals surface area contributed by atoms with Gasteiger partial charge in [-0.2, -0.15) is 0 Å². The molecule has 3 heterocycles. The monoisotopic (exact) mass is 378 g/mol. The minimum atomic E-state index is -0.373. The molecule has 1 aromatic heterocycles. The molecule has 0 spiro atoms. The highest BCUT2D eigenvalue weighted by Crippen LogP contribution is 2.25. The summed E-state index contributed by atoms with van der Waals surface area (Å²) in [6.07, 6.45) is 4.99. The molecule has 2 atom stereocenters. The molecule has 1 saturated heterocycles. The summed E-state index contributed by atoms with van der Waals surface area (Å²) < 4.78 is 0. The fourth-order valence-corrected chi connectivity index (χ4v) is 3.78. The predicted molar refractivity (Wildman–Crippen MR) is 103 cm³/mol. The summed E-state index contributed by atoms with van der Waals surface area (Å²) >= 11 is 0. The van der Waals surface area contributed by atoms with Crippen LogP contribution in [0.3, 0.4) is 0 Å². The van der Waals surface area contributed by atoms with E-state index in [1.165, 1.54) is 11.0 Å². The Morgan fingerprint density at radius 3 is 2.68 bits per heavy atom. The van der Waals surface area contributed by atoms with E-state index in [0.29, 0.717) is 17.2 Å². The summed E-state index contributed by atoms with van der Waals surface area (Å²) in [5.41, 5.74) is 1.84. The van der Waals surface area contributed by atoms with Gasteiger partial charge in [0.15, 0.2) is 0 Å². The van der Waals surface area contributed by atoms with Crippen molar-refractivity contribution in [2.45, 2.75) is 38.4 Å². The maximum atomic E-state index is 12.8. The standard InChI is InChI=1S/C21H22N4O3/c1-13-10-16(6-9-23-13)24-19(26)15-2-3-17-18(11-15)21(28)25(20(17)27)12-14-4-7-22-8-5-14/h2-5,7-8,11,13,16,23H,6,9-10,12H2,1H3,(H,24,26). The molecule has 2 aliphatic heterocycles. The average Bonchev–Trinajstić information content (AvgIpc) is 2.93. The fraction of sp³-hybridized carbons (Fsp3) is 0.333. The largest absolute Gasteiger partial charge is 0.349 e. The van der Waals surface area contributed by atoms with E-state index in [1.807, 2.05) is 0 Å². The van der Waals surface area contributed by atoms with Crippen LogP contribution in [0, 0.1) is 0 Å². The number of hydrogen-bond acceptors (Lipinski definition) is 5. The van der Waals surface area contributed by atoms with E-state index in [-0.39, 0.29) is 35.9 Å². The van der Waals surface area contributed by atoms with E-state index in [4.69, 9.17) is 0 Å². The SMILES string of the molecule is CC1CC(NC(=O)c2ccc3c(c2)C(=O)N(Cc2ccncc2)C3=O)CCN1. The molecule has 0 saturated carbocycles. The second kappa shape index (κ2) is 7.52. The van der Waals surface area contributed by atoms with Crippen LogP contribution in [0.2, 0.25) is 0 Å². The van der Waals surface area contributed by atoms with Gasteiger partial charge in [0.05, 0.1) is 17.7 Å². The van der Waals surface area contributed by atoms with Crippen LogP contribution in [-0.2, 0) is 6.54 Å². The maximum Gasteiger partial charge on any atom is 0.261 e. The van der Waals surface area contributed by atoms with Gasteiger partial charge in [-0.15, -0.1) is 0 Å². The van der Waals surface area contributed by atoms with Gasteiger partial charge >= 0.3 is 0 Å².